The smallest absolute Gasteiger partial charge is 0.392 e. The Morgan fingerprint density at radius 2 is 2.15 bits per heavy atom. The Morgan fingerprint density at radius 1 is 1.35 bits per heavy atom. The first kappa shape index (κ1) is 23.5. The van der Waals surface area contributed by atoms with Gasteiger partial charge in [-0.05, 0) is 24.6 Å². The number of fused-ring (bicyclic) bond motifs is 1. The third-order valence-corrected chi connectivity index (χ3v) is 5.44. The van der Waals surface area contributed by atoms with Gasteiger partial charge in [-0.25, -0.2) is 15.0 Å². The van der Waals surface area contributed by atoms with Crippen LogP contribution in [0.4, 0.5) is 19.0 Å². The zero-order chi connectivity index (χ0) is 24.5. The van der Waals surface area contributed by atoms with Crippen molar-refractivity contribution in [3.63, 3.8) is 0 Å². The van der Waals surface area contributed by atoms with Gasteiger partial charge in [0.15, 0.2) is 6.39 Å². The minimum absolute atomic E-state index is 0.00721. The van der Waals surface area contributed by atoms with Crippen LogP contribution in [0, 0.1) is 0 Å². The molecular weight excluding hydrogens is 479 g/mol. The van der Waals surface area contributed by atoms with E-state index in [4.69, 9.17) is 20.8 Å². The lowest BCUT2D eigenvalue weighted by atomic mass is 10.1. The highest BCUT2D eigenvalue weighted by Gasteiger charge is 2.34. The van der Waals surface area contributed by atoms with Gasteiger partial charge < -0.3 is 19.4 Å². The number of hydrogen-bond donors (Lipinski definition) is 1. The fourth-order valence-corrected chi connectivity index (χ4v) is 3.61. The predicted molar refractivity (Wildman–Crippen MR) is 112 cm³/mol. The molecule has 1 aliphatic heterocycles. The van der Waals surface area contributed by atoms with Crippen LogP contribution in [0.25, 0.3) is 0 Å². The molecule has 3 aromatic heterocycles. The van der Waals surface area contributed by atoms with Crippen molar-refractivity contribution in [3.8, 4) is 5.88 Å². The Kier molecular flexibility index (Phi) is 6.42. The number of rotatable bonds is 7. The highest BCUT2D eigenvalue weighted by molar-refractivity contribution is 6.31. The zero-order valence-corrected chi connectivity index (χ0v) is 18.4. The molecule has 0 fully saturated rings. The summed E-state index contributed by atoms with van der Waals surface area (Å²) >= 11 is 6.14. The standard InChI is InChI=1S/C21H17ClF3N5O4/c1-11(12-6-15(22)19(28-7-12)33-5-3-21(23,24)25)30-9-14-13(20(30)32)2-4-27-17(14)29-18(31)16-8-26-10-34-16/h2,4,6-8,10-11H,3,5,9H2,1H3,(H,27,29,31). The number of oxazole rings is 1. The van der Waals surface area contributed by atoms with E-state index >= 15 is 0 Å². The molecule has 9 nitrogen and oxygen atoms in total. The van der Waals surface area contributed by atoms with Crippen molar-refractivity contribution in [1.29, 1.82) is 0 Å². The topological polar surface area (TPSA) is 110 Å². The molecule has 0 radical (unpaired) electrons. The highest BCUT2D eigenvalue weighted by Crippen LogP contribution is 2.35. The van der Waals surface area contributed by atoms with Crippen molar-refractivity contribution in [2.45, 2.75) is 32.1 Å². The number of hydrogen-bond acceptors (Lipinski definition) is 7. The molecule has 4 rings (SSSR count). The Labute approximate surface area is 195 Å². The molecule has 1 N–H and O–H groups in total. The van der Waals surface area contributed by atoms with Crippen LogP contribution in [0.15, 0.2) is 41.5 Å². The van der Waals surface area contributed by atoms with E-state index in [0.29, 0.717) is 16.7 Å². The van der Waals surface area contributed by atoms with Crippen LogP contribution in [0.5, 0.6) is 5.88 Å². The van der Waals surface area contributed by atoms with Gasteiger partial charge in [0.1, 0.15) is 10.8 Å². The lowest BCUT2D eigenvalue weighted by Crippen LogP contribution is -2.27. The molecule has 0 aromatic carbocycles. The van der Waals surface area contributed by atoms with Crippen LogP contribution < -0.4 is 10.1 Å². The van der Waals surface area contributed by atoms with Crippen molar-refractivity contribution in [3.05, 3.63) is 64.6 Å². The molecular formula is C21H17ClF3N5O4. The maximum Gasteiger partial charge on any atom is 0.392 e. The van der Waals surface area contributed by atoms with Crippen molar-refractivity contribution in [2.24, 2.45) is 0 Å². The largest absolute Gasteiger partial charge is 0.476 e. The number of carbonyl (C=O) groups is 2. The second-order valence-corrected chi connectivity index (χ2v) is 7.79. The SMILES string of the molecule is CC(c1cnc(OCCC(F)(F)F)c(Cl)c1)N1Cc2c(ccnc2NC(=O)c2cnco2)C1=O. The zero-order valence-electron chi connectivity index (χ0n) is 17.6. The number of nitrogens with one attached hydrogen (secondary N) is 1. The average molecular weight is 496 g/mol. The summed E-state index contributed by atoms with van der Waals surface area (Å²) in [5.41, 5.74) is 1.45. The van der Waals surface area contributed by atoms with Gasteiger partial charge in [0.25, 0.3) is 11.8 Å². The van der Waals surface area contributed by atoms with Gasteiger partial charge in [-0.15, -0.1) is 0 Å². The molecule has 34 heavy (non-hydrogen) atoms. The van der Waals surface area contributed by atoms with Crippen LogP contribution in [-0.2, 0) is 6.54 Å². The monoisotopic (exact) mass is 495 g/mol. The minimum Gasteiger partial charge on any atom is -0.476 e. The Morgan fingerprint density at radius 3 is 2.82 bits per heavy atom. The molecule has 4 heterocycles. The maximum absolute atomic E-state index is 13.0. The molecule has 0 aliphatic carbocycles. The van der Waals surface area contributed by atoms with Crippen LogP contribution in [0.3, 0.4) is 0 Å². The summed E-state index contributed by atoms with van der Waals surface area (Å²) in [6.07, 6.45) is -0.310. The Balaban J connectivity index is 1.48. The normalized spacial score (nSPS) is 14.1. The first-order valence-electron chi connectivity index (χ1n) is 9.97. The van der Waals surface area contributed by atoms with Gasteiger partial charge in [-0.2, -0.15) is 13.2 Å². The summed E-state index contributed by atoms with van der Waals surface area (Å²) in [6.45, 7) is 1.29. The fourth-order valence-electron chi connectivity index (χ4n) is 3.39. The summed E-state index contributed by atoms with van der Waals surface area (Å²) in [7, 11) is 0. The van der Waals surface area contributed by atoms with Crippen LogP contribution in [0.1, 0.15) is 51.4 Å². The predicted octanol–water partition coefficient (Wildman–Crippen LogP) is 4.42. The van der Waals surface area contributed by atoms with Gasteiger partial charge in [-0.3, -0.25) is 9.59 Å². The number of anilines is 1. The van der Waals surface area contributed by atoms with Crippen molar-refractivity contribution in [2.75, 3.05) is 11.9 Å². The third kappa shape index (κ3) is 4.96. The molecule has 0 saturated carbocycles. The van der Waals surface area contributed by atoms with Gasteiger partial charge in [0, 0.05) is 23.5 Å². The van der Waals surface area contributed by atoms with E-state index < -0.39 is 31.2 Å². The second-order valence-electron chi connectivity index (χ2n) is 7.38. The van der Waals surface area contributed by atoms with E-state index in [-0.39, 0.29) is 34.9 Å². The number of ether oxygens (including phenoxy) is 1. The number of halogens is 4. The molecule has 0 saturated heterocycles. The Hall–Kier alpha value is -3.67. The van der Waals surface area contributed by atoms with E-state index in [9.17, 15) is 22.8 Å². The highest BCUT2D eigenvalue weighted by atomic mass is 35.5. The molecule has 178 valence electrons. The quantitative estimate of drug-likeness (QED) is 0.516. The first-order valence-corrected chi connectivity index (χ1v) is 10.4. The molecule has 2 amide bonds. The molecule has 0 spiro atoms. The molecule has 1 aliphatic rings. The van der Waals surface area contributed by atoms with Crippen LogP contribution in [-0.4, -0.2) is 44.4 Å². The number of carbonyl (C=O) groups excluding carboxylic acids is 2. The van der Waals surface area contributed by atoms with Crippen molar-refractivity contribution >= 4 is 29.2 Å². The van der Waals surface area contributed by atoms with Crippen molar-refractivity contribution in [1.82, 2.24) is 19.9 Å². The summed E-state index contributed by atoms with van der Waals surface area (Å²) in [4.78, 5) is 38.8. The molecule has 1 atom stereocenters. The summed E-state index contributed by atoms with van der Waals surface area (Å²) in [5.74, 6) is -0.769. The lowest BCUT2D eigenvalue weighted by molar-refractivity contribution is -0.139. The number of amides is 2. The first-order chi connectivity index (χ1) is 16.1. The fraction of sp³-hybridized carbons (Fsp3) is 0.286. The van der Waals surface area contributed by atoms with Crippen molar-refractivity contribution < 1.29 is 31.9 Å². The van der Waals surface area contributed by atoms with E-state index in [1.54, 1.807) is 13.0 Å². The molecule has 13 heteroatoms. The molecule has 1 unspecified atom stereocenters. The van der Waals surface area contributed by atoms with Gasteiger partial charge in [-0.1, -0.05) is 11.6 Å². The van der Waals surface area contributed by atoms with E-state index in [0.717, 1.165) is 6.39 Å². The summed E-state index contributed by atoms with van der Waals surface area (Å²) in [5, 5.41) is 2.64. The third-order valence-electron chi connectivity index (χ3n) is 5.17. The van der Waals surface area contributed by atoms with Crippen LogP contribution >= 0.6 is 11.6 Å². The number of pyridine rings is 2. The summed E-state index contributed by atoms with van der Waals surface area (Å²) in [6, 6.07) is 2.55. The van der Waals surface area contributed by atoms with Gasteiger partial charge >= 0.3 is 6.18 Å². The van der Waals surface area contributed by atoms with E-state index in [1.807, 2.05) is 0 Å². The van der Waals surface area contributed by atoms with E-state index in [1.165, 1.54) is 29.6 Å². The molecule has 0 bridgehead atoms. The molecule has 3 aromatic rings. The summed E-state index contributed by atoms with van der Waals surface area (Å²) < 4.78 is 46.9. The number of nitrogens with zero attached hydrogens (tertiary/aromatic N) is 4. The van der Waals surface area contributed by atoms with Crippen LogP contribution in [0.2, 0.25) is 5.02 Å². The number of alkyl halides is 3. The number of aromatic nitrogens is 3. The van der Waals surface area contributed by atoms with Gasteiger partial charge in [0.05, 0.1) is 31.8 Å². The second kappa shape index (κ2) is 9.29. The maximum atomic E-state index is 13.0. The minimum atomic E-state index is -4.35. The van der Waals surface area contributed by atoms with Gasteiger partial charge in [0.2, 0.25) is 11.6 Å². The lowest BCUT2D eigenvalue weighted by Gasteiger charge is -2.25. The van der Waals surface area contributed by atoms with E-state index in [2.05, 4.69) is 20.3 Å². The average Bonchev–Trinajstić information content (AvgIpc) is 3.43. The Bertz CT molecular complexity index is 1220.